The average molecular weight is 1180 g/mol. The molecule has 0 aliphatic carbocycles. The Morgan fingerprint density at radius 3 is 2.43 bits per heavy atom. The lowest BCUT2D eigenvalue weighted by molar-refractivity contribution is -0.328. The number of allylic oxidation sites excluding steroid dienone is 3. The van der Waals surface area contributed by atoms with Gasteiger partial charge in [0.2, 0.25) is 23.6 Å². The third-order valence-corrected chi connectivity index (χ3v) is 16.0. The first-order valence-corrected chi connectivity index (χ1v) is 28.6. The van der Waals surface area contributed by atoms with Crippen molar-refractivity contribution >= 4 is 63.9 Å². The number of ether oxygens (including phenoxy) is 7. The minimum Gasteiger partial charge on any atom is -0.495 e. The number of hydrogen-bond donors (Lipinski definition) is 6. The average Bonchev–Trinajstić information content (AvgIpc) is 1.74. The monoisotopic (exact) mass is 1180 g/mol. The number of rotatable bonds is 26. The van der Waals surface area contributed by atoms with E-state index in [2.05, 4.69) is 32.0 Å². The molecule has 0 saturated carbocycles. The van der Waals surface area contributed by atoms with Crippen molar-refractivity contribution in [2.75, 3.05) is 86.8 Å². The van der Waals surface area contributed by atoms with Gasteiger partial charge in [0.1, 0.15) is 52.4 Å². The van der Waals surface area contributed by atoms with E-state index in [0.29, 0.717) is 56.8 Å². The summed E-state index contributed by atoms with van der Waals surface area (Å²) < 4.78 is 43.3. The van der Waals surface area contributed by atoms with Gasteiger partial charge in [-0.15, -0.1) is 0 Å². The number of hydrogen-bond acceptors (Lipinski definition) is 17. The summed E-state index contributed by atoms with van der Waals surface area (Å²) in [6, 6.07) is 11.8. The zero-order chi connectivity index (χ0) is 60.6. The highest BCUT2D eigenvalue weighted by Crippen LogP contribution is 2.50. The molecule has 0 radical (unpaired) electrons. The van der Waals surface area contributed by atoms with E-state index in [9.17, 15) is 33.9 Å². The Morgan fingerprint density at radius 2 is 1.73 bits per heavy atom. The Morgan fingerprint density at radius 1 is 1.01 bits per heavy atom. The number of hydrazine groups is 1. The molecular formula is C59H86ClN9O14. The van der Waals surface area contributed by atoms with Crippen LogP contribution in [-0.4, -0.2) is 185 Å². The number of aromatic nitrogens is 1. The maximum atomic E-state index is 14.4. The molecule has 4 aliphatic rings. The van der Waals surface area contributed by atoms with Crippen molar-refractivity contribution in [2.24, 2.45) is 5.73 Å². The second-order valence-corrected chi connectivity index (χ2v) is 22.4. The first kappa shape index (κ1) is 66.0. The summed E-state index contributed by atoms with van der Waals surface area (Å²) in [6.45, 7) is 9.03. The van der Waals surface area contributed by atoms with Crippen LogP contribution >= 0.6 is 11.6 Å². The molecule has 5 heterocycles. The van der Waals surface area contributed by atoms with Gasteiger partial charge in [0.25, 0.3) is 0 Å². The van der Waals surface area contributed by atoms with Gasteiger partial charge in [0, 0.05) is 71.8 Å². The number of carbonyl (C=O) groups is 6. The number of benzene rings is 2. The molecule has 2 saturated heterocycles. The molecule has 83 heavy (non-hydrogen) atoms. The summed E-state index contributed by atoms with van der Waals surface area (Å²) in [5.74, 6) is -1.93. The third-order valence-electron chi connectivity index (χ3n) is 15.7. The summed E-state index contributed by atoms with van der Waals surface area (Å²) in [5.41, 5.74) is 8.51. The van der Waals surface area contributed by atoms with Crippen LogP contribution < -0.4 is 36.7 Å². The summed E-state index contributed by atoms with van der Waals surface area (Å²) in [5, 5.41) is 23.4. The summed E-state index contributed by atoms with van der Waals surface area (Å²) in [6.07, 6.45) is 2.99. The molecule has 3 aromatic rings. The van der Waals surface area contributed by atoms with Gasteiger partial charge in [-0.05, 0) is 102 Å². The SMILES string of the molecule is CNN(C)Cc1cc2ccccc2n1CCC(=O)N[C@@H](CCCCN)C(=O)NCCOCCOCCC(=O)N(C)[C@@H](C)C(=O)O[C@H]1CC(=O)N(C)c2cc(cc(OC)c2Cl)C/C(C)=C/C=C/[C@@H](OC)[C@@]2(O)C[C@H](OC(=O)N2)C2(C)C[C@@]1(C)O2. The summed E-state index contributed by atoms with van der Waals surface area (Å²) in [4.78, 5) is 84.2. The number of likely N-dealkylation sites (N-methyl/N-ethyl adjacent to an activating group) is 1. The number of alkyl carbamates (subject to hydrolysis) is 1. The largest absolute Gasteiger partial charge is 0.495 e. The number of fused-ring (bicyclic) bond motifs is 7. The Balaban J connectivity index is 1.000. The van der Waals surface area contributed by atoms with E-state index < -0.39 is 71.2 Å². The Bertz CT molecular complexity index is 2800. The molecule has 4 aliphatic heterocycles. The van der Waals surface area contributed by atoms with Gasteiger partial charge in [-0.1, -0.05) is 53.6 Å². The molecule has 7 rings (SSSR count). The van der Waals surface area contributed by atoms with Crippen LogP contribution in [0.2, 0.25) is 5.02 Å². The van der Waals surface area contributed by atoms with Crippen LogP contribution in [0.4, 0.5) is 10.5 Å². The minimum atomic E-state index is -1.90. The maximum Gasteiger partial charge on any atom is 0.409 e. The quantitative estimate of drug-likeness (QED) is 0.0369. The van der Waals surface area contributed by atoms with Crippen LogP contribution in [0.15, 0.2) is 66.3 Å². The molecule has 8 atom stereocenters. The van der Waals surface area contributed by atoms with Gasteiger partial charge in [0.05, 0.1) is 58.6 Å². The van der Waals surface area contributed by atoms with Gasteiger partial charge in [-0.25, -0.2) is 14.6 Å². The lowest BCUT2D eigenvalue weighted by atomic mass is 9.72. The van der Waals surface area contributed by atoms with E-state index in [1.54, 1.807) is 45.2 Å². The first-order valence-electron chi connectivity index (χ1n) is 28.2. The van der Waals surface area contributed by atoms with Crippen LogP contribution in [0.1, 0.15) is 90.3 Å². The predicted octanol–water partition coefficient (Wildman–Crippen LogP) is 4.42. The second kappa shape index (κ2) is 30.1. The number of aryl methyl sites for hydroxylation is 1. The molecule has 458 valence electrons. The number of nitrogens with two attached hydrogens (primary N) is 1. The number of carbonyl (C=O) groups excluding carboxylic acids is 6. The lowest BCUT2D eigenvalue weighted by Gasteiger charge is -2.59. The Labute approximate surface area is 491 Å². The van der Waals surface area contributed by atoms with Crippen LogP contribution in [-0.2, 0) is 71.9 Å². The Hall–Kier alpha value is -6.15. The normalized spacial score (nSPS) is 24.6. The van der Waals surface area contributed by atoms with Crippen molar-refractivity contribution in [3.05, 3.63) is 82.5 Å². The van der Waals surface area contributed by atoms with Gasteiger partial charge in [0.15, 0.2) is 5.72 Å². The number of amides is 5. The van der Waals surface area contributed by atoms with Crippen molar-refractivity contribution < 1.29 is 67.0 Å². The summed E-state index contributed by atoms with van der Waals surface area (Å²) >= 11 is 6.83. The topological polar surface area (TPSA) is 276 Å². The smallest absolute Gasteiger partial charge is 0.409 e. The van der Waals surface area contributed by atoms with E-state index in [0.717, 1.165) is 27.7 Å². The molecule has 5 amide bonds. The molecule has 6 bridgehead atoms. The number of halogens is 1. The van der Waals surface area contributed by atoms with E-state index in [1.165, 1.54) is 38.0 Å². The van der Waals surface area contributed by atoms with Crippen molar-refractivity contribution in [1.82, 2.24) is 35.9 Å². The van der Waals surface area contributed by atoms with Crippen molar-refractivity contribution in [2.45, 2.75) is 146 Å². The molecule has 1 unspecified atom stereocenters. The third kappa shape index (κ3) is 17.3. The number of aliphatic hydroxyl groups is 1. The number of esters is 1. The second-order valence-electron chi connectivity index (χ2n) is 22.0. The van der Waals surface area contributed by atoms with Crippen molar-refractivity contribution in [1.29, 1.82) is 0 Å². The molecule has 2 aromatic carbocycles. The first-order chi connectivity index (χ1) is 39.5. The van der Waals surface area contributed by atoms with Crippen LogP contribution in [0.3, 0.4) is 0 Å². The Kier molecular flexibility index (Phi) is 23.9. The number of para-hydroxylation sites is 1. The maximum absolute atomic E-state index is 14.4. The molecule has 2 fully saturated rings. The molecule has 23 nitrogen and oxygen atoms in total. The minimum absolute atomic E-state index is 0.0141. The lowest BCUT2D eigenvalue weighted by Crippen LogP contribution is -2.72. The number of anilines is 1. The molecule has 24 heteroatoms. The fourth-order valence-electron chi connectivity index (χ4n) is 10.8. The number of nitrogens with zero attached hydrogens (tertiary/aromatic N) is 4. The van der Waals surface area contributed by atoms with Gasteiger partial charge in [-0.3, -0.25) is 29.9 Å². The number of nitrogens with one attached hydrogen (secondary N) is 4. The number of methoxy groups -OCH3 is 2. The fourth-order valence-corrected chi connectivity index (χ4v) is 11.1. The van der Waals surface area contributed by atoms with E-state index in [1.807, 2.05) is 56.4 Å². The van der Waals surface area contributed by atoms with Gasteiger partial charge in [-0.2, -0.15) is 0 Å². The fraction of sp³-hybridized carbons (Fsp3) is 0.593. The van der Waals surface area contributed by atoms with Crippen LogP contribution in [0.25, 0.3) is 10.9 Å². The van der Waals surface area contributed by atoms with Gasteiger partial charge >= 0.3 is 12.1 Å². The van der Waals surface area contributed by atoms with Crippen LogP contribution in [0.5, 0.6) is 5.75 Å². The van der Waals surface area contributed by atoms with E-state index in [-0.39, 0.29) is 81.9 Å². The summed E-state index contributed by atoms with van der Waals surface area (Å²) in [7, 11) is 9.70. The molecule has 0 spiro atoms. The highest BCUT2D eigenvalue weighted by Gasteiger charge is 2.63. The highest BCUT2D eigenvalue weighted by molar-refractivity contribution is 6.35. The van der Waals surface area contributed by atoms with E-state index >= 15 is 0 Å². The van der Waals surface area contributed by atoms with Gasteiger partial charge < -0.3 is 69.0 Å². The van der Waals surface area contributed by atoms with Crippen molar-refractivity contribution in [3.63, 3.8) is 0 Å². The van der Waals surface area contributed by atoms with E-state index in [4.69, 9.17) is 50.5 Å². The standard InChI is InChI=1S/C59H86ClN9O14/c1-38-16-15-20-47(78-10)59(76)35-49(82-56(75)65-59)58(4)37-57(3,83-58)48(34-52(72)68(8)45-31-40(30-38)32-46(77-9)53(45)60)81-55(74)39(2)67(7)51(71)22-26-79-28-29-80-27-24-63-54(73)43(18-13-14-23-61)64-50(70)21-25-69-42(36-66(6)62-5)33-41-17-11-12-19-44(41)69/h11-12,15-17,19-20,31-33,39,43,47-49,62,76H,13-14,18,21-30,34-37,61H2,1-10H3,(H,63,73)(H,64,70)(H,65,75)/b20-15+,38-16+/t39-,43-,47+,48-,49-,57+,58?,59-/m0/s1. The highest BCUT2D eigenvalue weighted by atomic mass is 35.5. The predicted molar refractivity (Wildman–Crippen MR) is 312 cm³/mol. The zero-order valence-corrected chi connectivity index (χ0v) is 50.4. The molecule has 1 aromatic heterocycles. The molecular weight excluding hydrogens is 1090 g/mol. The van der Waals surface area contributed by atoms with Crippen molar-refractivity contribution in [3.8, 4) is 5.75 Å². The van der Waals surface area contributed by atoms with Crippen LogP contribution in [0, 0.1) is 0 Å². The zero-order valence-electron chi connectivity index (χ0n) is 49.7. The number of unbranched alkanes of at least 4 members (excludes halogenated alkanes) is 1. The molecule has 7 N–H and O–H groups in total.